The lowest BCUT2D eigenvalue weighted by Crippen LogP contribution is -2.38. The highest BCUT2D eigenvalue weighted by Crippen LogP contribution is 2.38. The van der Waals surface area contributed by atoms with Crippen LogP contribution in [0.5, 0.6) is 11.5 Å². The van der Waals surface area contributed by atoms with Gasteiger partial charge >= 0.3 is 5.97 Å². The molecule has 0 aromatic heterocycles. The van der Waals surface area contributed by atoms with Gasteiger partial charge in [0.05, 0.1) is 5.02 Å². The number of ether oxygens (including phenoxy) is 2. The number of aliphatic carboxylic acids is 1. The molecule has 2 N–H and O–H groups in total. The standard InChI is InChI=1S/C14H16ClNO4/c15-10-5-8(6-11-13(10)20-4-3-19-11)7-16-12(14(17)18)9-1-2-9/h5-6,9,12,16H,1-4,7H2,(H,17,18). The Morgan fingerprint density at radius 3 is 2.85 bits per heavy atom. The minimum atomic E-state index is -0.795. The monoisotopic (exact) mass is 297 g/mol. The van der Waals surface area contributed by atoms with Gasteiger partial charge in [0.1, 0.15) is 19.3 Å². The van der Waals surface area contributed by atoms with E-state index < -0.39 is 12.0 Å². The molecule has 1 heterocycles. The van der Waals surface area contributed by atoms with Gasteiger partial charge in [-0.25, -0.2) is 0 Å². The van der Waals surface area contributed by atoms with Crippen LogP contribution in [0.4, 0.5) is 0 Å². The lowest BCUT2D eigenvalue weighted by Gasteiger charge is -2.21. The summed E-state index contributed by atoms with van der Waals surface area (Å²) >= 11 is 6.15. The number of hydrogen-bond acceptors (Lipinski definition) is 4. The van der Waals surface area contributed by atoms with Crippen LogP contribution in [-0.2, 0) is 11.3 Å². The summed E-state index contributed by atoms with van der Waals surface area (Å²) in [6.45, 7) is 1.44. The first-order valence-corrected chi connectivity index (χ1v) is 7.07. The molecule has 0 saturated heterocycles. The smallest absolute Gasteiger partial charge is 0.320 e. The summed E-state index contributed by atoms with van der Waals surface area (Å²) in [7, 11) is 0. The zero-order chi connectivity index (χ0) is 14.1. The van der Waals surface area contributed by atoms with Gasteiger partial charge in [0.25, 0.3) is 0 Å². The van der Waals surface area contributed by atoms with Crippen molar-refractivity contribution in [3.63, 3.8) is 0 Å². The second-order valence-corrected chi connectivity index (χ2v) is 5.54. The Labute approximate surface area is 121 Å². The first kappa shape index (κ1) is 13.5. The van der Waals surface area contributed by atoms with E-state index in [1.54, 1.807) is 6.07 Å². The number of halogens is 1. The van der Waals surface area contributed by atoms with Crippen LogP contribution in [0.1, 0.15) is 18.4 Å². The van der Waals surface area contributed by atoms with Crippen LogP contribution in [0.15, 0.2) is 12.1 Å². The van der Waals surface area contributed by atoms with Crippen molar-refractivity contribution in [2.75, 3.05) is 13.2 Å². The van der Waals surface area contributed by atoms with Crippen LogP contribution in [0.2, 0.25) is 5.02 Å². The van der Waals surface area contributed by atoms with E-state index in [2.05, 4.69) is 5.32 Å². The Bertz CT molecular complexity index is 530. The van der Waals surface area contributed by atoms with Gasteiger partial charge in [-0.05, 0) is 36.5 Å². The molecule has 3 rings (SSSR count). The molecule has 1 aliphatic carbocycles. The quantitative estimate of drug-likeness (QED) is 0.871. The highest BCUT2D eigenvalue weighted by molar-refractivity contribution is 6.32. The largest absolute Gasteiger partial charge is 0.486 e. The van der Waals surface area contributed by atoms with Crippen molar-refractivity contribution in [1.82, 2.24) is 5.32 Å². The molecular weight excluding hydrogens is 282 g/mol. The number of benzene rings is 1. The van der Waals surface area contributed by atoms with Crippen molar-refractivity contribution in [2.24, 2.45) is 5.92 Å². The maximum absolute atomic E-state index is 11.2. The number of nitrogens with one attached hydrogen (secondary N) is 1. The minimum Gasteiger partial charge on any atom is -0.486 e. The molecule has 6 heteroatoms. The first-order valence-electron chi connectivity index (χ1n) is 6.69. The molecule has 20 heavy (non-hydrogen) atoms. The number of fused-ring (bicyclic) bond motifs is 1. The molecule has 1 saturated carbocycles. The normalized spacial score (nSPS) is 18.6. The Hall–Kier alpha value is -1.46. The Morgan fingerprint density at radius 1 is 1.40 bits per heavy atom. The van der Waals surface area contributed by atoms with Gasteiger partial charge in [0.2, 0.25) is 0 Å². The van der Waals surface area contributed by atoms with Gasteiger partial charge in [-0.2, -0.15) is 0 Å². The lowest BCUT2D eigenvalue weighted by molar-refractivity contribution is -0.140. The maximum Gasteiger partial charge on any atom is 0.320 e. The van der Waals surface area contributed by atoms with Crippen molar-refractivity contribution in [2.45, 2.75) is 25.4 Å². The summed E-state index contributed by atoms with van der Waals surface area (Å²) in [5, 5.41) is 12.7. The first-order chi connectivity index (χ1) is 9.65. The SMILES string of the molecule is O=C(O)C(NCc1cc(Cl)c2c(c1)OCCO2)C1CC1. The van der Waals surface area contributed by atoms with E-state index in [1.165, 1.54) is 0 Å². The number of hydrogen-bond donors (Lipinski definition) is 2. The zero-order valence-electron chi connectivity index (χ0n) is 10.9. The van der Waals surface area contributed by atoms with Crippen LogP contribution in [0, 0.1) is 5.92 Å². The Morgan fingerprint density at radius 2 is 2.15 bits per heavy atom. The molecule has 1 aromatic carbocycles. The maximum atomic E-state index is 11.2. The molecule has 0 bridgehead atoms. The van der Waals surface area contributed by atoms with E-state index in [9.17, 15) is 9.90 Å². The molecule has 0 radical (unpaired) electrons. The van der Waals surface area contributed by atoms with Gasteiger partial charge in [-0.1, -0.05) is 11.6 Å². The van der Waals surface area contributed by atoms with Crippen molar-refractivity contribution in [1.29, 1.82) is 0 Å². The van der Waals surface area contributed by atoms with Crippen molar-refractivity contribution < 1.29 is 19.4 Å². The lowest BCUT2D eigenvalue weighted by atomic mass is 10.1. The van der Waals surface area contributed by atoms with Crippen LogP contribution in [-0.4, -0.2) is 30.3 Å². The number of rotatable bonds is 5. The van der Waals surface area contributed by atoms with Gasteiger partial charge < -0.3 is 19.9 Å². The van der Waals surface area contributed by atoms with Crippen molar-refractivity contribution >= 4 is 17.6 Å². The van der Waals surface area contributed by atoms with E-state index in [1.807, 2.05) is 6.07 Å². The highest BCUT2D eigenvalue weighted by Gasteiger charge is 2.35. The summed E-state index contributed by atoms with van der Waals surface area (Å²) in [5.41, 5.74) is 0.895. The summed E-state index contributed by atoms with van der Waals surface area (Å²) in [4.78, 5) is 11.2. The fourth-order valence-corrected chi connectivity index (χ4v) is 2.67. The summed E-state index contributed by atoms with van der Waals surface area (Å²) in [6, 6.07) is 3.15. The second-order valence-electron chi connectivity index (χ2n) is 5.14. The van der Waals surface area contributed by atoms with Gasteiger partial charge in [0.15, 0.2) is 11.5 Å². The van der Waals surface area contributed by atoms with Crippen LogP contribution in [0.3, 0.4) is 0 Å². The summed E-state index contributed by atoms with van der Waals surface area (Å²) in [6.07, 6.45) is 1.96. The molecule has 1 aliphatic heterocycles. The van der Waals surface area contributed by atoms with E-state index in [0.29, 0.717) is 36.3 Å². The Kier molecular flexibility index (Phi) is 3.72. The van der Waals surface area contributed by atoms with Crippen LogP contribution in [0.25, 0.3) is 0 Å². The van der Waals surface area contributed by atoms with Gasteiger partial charge in [-0.15, -0.1) is 0 Å². The minimum absolute atomic E-state index is 0.250. The zero-order valence-corrected chi connectivity index (χ0v) is 11.7. The third kappa shape index (κ3) is 2.83. The number of carboxylic acids is 1. The van der Waals surface area contributed by atoms with Crippen LogP contribution < -0.4 is 14.8 Å². The molecule has 1 atom stereocenters. The Balaban J connectivity index is 1.71. The number of carboxylic acid groups (broad SMARTS) is 1. The van der Waals surface area contributed by atoms with E-state index >= 15 is 0 Å². The molecule has 1 aromatic rings. The summed E-state index contributed by atoms with van der Waals surface area (Å²) in [5.74, 6) is 0.647. The molecule has 0 amide bonds. The average molecular weight is 298 g/mol. The van der Waals surface area contributed by atoms with E-state index in [-0.39, 0.29) is 5.92 Å². The molecule has 5 nitrogen and oxygen atoms in total. The predicted octanol–water partition coefficient (Wildman–Crippen LogP) is 2.06. The van der Waals surface area contributed by atoms with Gasteiger partial charge in [0, 0.05) is 6.54 Å². The van der Waals surface area contributed by atoms with Crippen LogP contribution >= 0.6 is 11.6 Å². The summed E-state index contributed by atoms with van der Waals surface area (Å²) < 4.78 is 11.0. The third-order valence-electron chi connectivity index (χ3n) is 3.54. The predicted molar refractivity (Wildman–Crippen MR) is 73.4 cm³/mol. The third-order valence-corrected chi connectivity index (χ3v) is 3.82. The fourth-order valence-electron chi connectivity index (χ4n) is 2.38. The van der Waals surface area contributed by atoms with Crippen molar-refractivity contribution in [3.8, 4) is 11.5 Å². The van der Waals surface area contributed by atoms with Crippen molar-refractivity contribution in [3.05, 3.63) is 22.7 Å². The number of carbonyl (C=O) groups is 1. The molecule has 2 aliphatic rings. The molecule has 0 spiro atoms. The molecule has 1 unspecified atom stereocenters. The average Bonchev–Trinajstić information content (AvgIpc) is 3.23. The molecule has 1 fully saturated rings. The van der Waals surface area contributed by atoms with Gasteiger partial charge in [-0.3, -0.25) is 4.79 Å². The molecule has 108 valence electrons. The highest BCUT2D eigenvalue weighted by atomic mass is 35.5. The fraction of sp³-hybridized carbons (Fsp3) is 0.500. The molecular formula is C14H16ClNO4. The van der Waals surface area contributed by atoms with E-state index in [0.717, 1.165) is 18.4 Å². The van der Waals surface area contributed by atoms with E-state index in [4.69, 9.17) is 21.1 Å². The topological polar surface area (TPSA) is 67.8 Å². The second kappa shape index (κ2) is 5.50.